The Morgan fingerprint density at radius 3 is 1.59 bits per heavy atom. The standard InChI is InChI=1S/C25H30FN5O6S.C22H26FN5O3.ClH/c1-15-28-19(11-21(29-15)25(33)27-13-16-4-5-18(26)23(10-16)36-2)20-12-22(37-30-20)17-6-8-31(9-7-17)24(32)14-38(3,34)35;1-13-26-17(18-11-20(31-28-18)15-5-7-24-8-6-15)10-19(27-13)22(29)25-12-14-3-4-16(23)21(9-14)30-2;/h4-5,10-11,17,22H,6-9,12-14H2,1-3H3,(H,27,33);3-4,9-10,15,20,24H,5-8,11-12H2,1-2H3,(H,25,29);1H. The van der Waals surface area contributed by atoms with Gasteiger partial charge in [-0.25, -0.2) is 37.1 Å². The Hall–Kier alpha value is -6.39. The fourth-order valence-electron chi connectivity index (χ4n) is 8.49. The molecule has 2 fully saturated rings. The van der Waals surface area contributed by atoms with Gasteiger partial charge in [0.05, 0.1) is 25.6 Å². The Balaban J connectivity index is 0.000000231. The average Bonchev–Trinajstić information content (AvgIpc) is 4.05. The number of ether oxygens (including phenoxy) is 2. The van der Waals surface area contributed by atoms with E-state index in [9.17, 15) is 31.6 Å². The molecule has 2 saturated heterocycles. The average molecular weight is 1010 g/mol. The minimum atomic E-state index is -3.37. The second-order valence-corrected chi connectivity index (χ2v) is 19.5. The van der Waals surface area contributed by atoms with Crippen molar-refractivity contribution in [1.82, 2.24) is 40.8 Å². The van der Waals surface area contributed by atoms with E-state index in [4.69, 9.17) is 19.1 Å². The molecule has 4 aliphatic heterocycles. The fraction of sp³-hybridized carbons (Fsp3) is 0.468. The lowest BCUT2D eigenvalue weighted by molar-refractivity contribution is -0.130. The molecule has 2 unspecified atom stereocenters. The van der Waals surface area contributed by atoms with Crippen LogP contribution in [0.15, 0.2) is 58.8 Å². The summed E-state index contributed by atoms with van der Waals surface area (Å²) in [6.45, 7) is 6.72. The molecule has 70 heavy (non-hydrogen) atoms. The Labute approximate surface area is 410 Å². The first-order chi connectivity index (χ1) is 33.0. The number of nitrogens with zero attached hydrogens (tertiary/aromatic N) is 7. The maximum Gasteiger partial charge on any atom is 0.270 e. The Kier molecular flexibility index (Phi) is 18.1. The molecule has 2 aromatic heterocycles. The number of nitrogens with one attached hydrogen (secondary N) is 3. The zero-order valence-corrected chi connectivity index (χ0v) is 41.1. The Morgan fingerprint density at radius 1 is 0.714 bits per heavy atom. The van der Waals surface area contributed by atoms with Crippen molar-refractivity contribution >= 4 is 51.4 Å². The first-order valence-electron chi connectivity index (χ1n) is 22.6. The second-order valence-electron chi connectivity index (χ2n) is 17.3. The summed E-state index contributed by atoms with van der Waals surface area (Å²) in [5.41, 5.74) is 4.26. The van der Waals surface area contributed by atoms with Crippen LogP contribution in [-0.4, -0.2) is 127 Å². The molecule has 19 nitrogen and oxygen atoms in total. The van der Waals surface area contributed by atoms with Crippen LogP contribution >= 0.6 is 12.4 Å². The van der Waals surface area contributed by atoms with Crippen molar-refractivity contribution in [3.05, 3.63) is 106 Å². The third-order valence-corrected chi connectivity index (χ3v) is 12.9. The minimum absolute atomic E-state index is 0. The molecule has 0 bridgehead atoms. The van der Waals surface area contributed by atoms with Gasteiger partial charge in [-0.3, -0.25) is 14.4 Å². The topological polar surface area (TPSA) is 238 Å². The highest BCUT2D eigenvalue weighted by atomic mass is 35.5. The van der Waals surface area contributed by atoms with Crippen LogP contribution in [0.4, 0.5) is 8.78 Å². The van der Waals surface area contributed by atoms with Crippen LogP contribution in [0.5, 0.6) is 11.5 Å². The zero-order chi connectivity index (χ0) is 49.2. The number of aryl methyl sites for hydroxylation is 2. The third-order valence-electron chi connectivity index (χ3n) is 12.2. The Bertz CT molecular complexity index is 2720. The van der Waals surface area contributed by atoms with E-state index in [2.05, 4.69) is 46.2 Å². The number of aromatic nitrogens is 4. The maximum absolute atomic E-state index is 13.6. The number of carbonyl (C=O) groups is 3. The van der Waals surface area contributed by atoms with Gasteiger partial charge in [0.1, 0.15) is 52.4 Å². The van der Waals surface area contributed by atoms with Gasteiger partial charge < -0.3 is 40.0 Å². The van der Waals surface area contributed by atoms with Crippen LogP contribution in [-0.2, 0) is 37.4 Å². The van der Waals surface area contributed by atoms with Crippen LogP contribution in [0.25, 0.3) is 0 Å². The highest BCUT2D eigenvalue weighted by molar-refractivity contribution is 7.91. The van der Waals surface area contributed by atoms with Gasteiger partial charge >= 0.3 is 0 Å². The number of oxime groups is 2. The van der Waals surface area contributed by atoms with Gasteiger partial charge in [0.25, 0.3) is 11.8 Å². The normalized spacial score (nSPS) is 18.2. The number of rotatable bonds is 14. The molecule has 0 saturated carbocycles. The number of piperidine rings is 2. The van der Waals surface area contributed by atoms with Crippen molar-refractivity contribution in [1.29, 1.82) is 0 Å². The van der Waals surface area contributed by atoms with E-state index in [1.165, 1.54) is 32.4 Å². The van der Waals surface area contributed by atoms with Gasteiger partial charge in [-0.05, 0) is 100 Å². The molecule has 3 N–H and O–H groups in total. The highest BCUT2D eigenvalue weighted by Gasteiger charge is 2.36. The van der Waals surface area contributed by atoms with Gasteiger partial charge in [0.15, 0.2) is 33.0 Å². The van der Waals surface area contributed by atoms with Gasteiger partial charge in [-0.1, -0.05) is 22.4 Å². The molecule has 376 valence electrons. The summed E-state index contributed by atoms with van der Waals surface area (Å²) in [6, 6.07) is 12.0. The molecule has 2 atom stereocenters. The number of hydrogen-bond acceptors (Lipinski definition) is 16. The smallest absolute Gasteiger partial charge is 0.270 e. The van der Waals surface area contributed by atoms with E-state index in [0.717, 1.165) is 43.5 Å². The van der Waals surface area contributed by atoms with E-state index < -0.39 is 33.1 Å². The molecule has 2 aromatic carbocycles. The van der Waals surface area contributed by atoms with Gasteiger partial charge in [-0.15, -0.1) is 12.4 Å². The quantitative estimate of drug-likeness (QED) is 0.159. The number of benzene rings is 2. The van der Waals surface area contributed by atoms with Crippen LogP contribution in [0.2, 0.25) is 0 Å². The number of hydrogen-bond donors (Lipinski definition) is 3. The molecule has 4 aromatic rings. The predicted octanol–water partition coefficient (Wildman–Crippen LogP) is 4.42. The molecular weight excluding hydrogens is 954 g/mol. The highest BCUT2D eigenvalue weighted by Crippen LogP contribution is 2.31. The van der Waals surface area contributed by atoms with Gasteiger partial charge in [-0.2, -0.15) is 0 Å². The molecule has 0 radical (unpaired) electrons. The van der Waals surface area contributed by atoms with Crippen LogP contribution in [0.3, 0.4) is 0 Å². The van der Waals surface area contributed by atoms with E-state index in [1.807, 2.05) is 0 Å². The number of likely N-dealkylation sites (tertiary alicyclic amines) is 1. The molecule has 0 spiro atoms. The minimum Gasteiger partial charge on any atom is -0.494 e. The predicted molar refractivity (Wildman–Crippen MR) is 256 cm³/mol. The van der Waals surface area contributed by atoms with Crippen molar-refractivity contribution in [2.75, 3.05) is 52.4 Å². The summed E-state index contributed by atoms with van der Waals surface area (Å²) in [6.07, 6.45) is 5.57. The largest absolute Gasteiger partial charge is 0.494 e. The number of halogens is 3. The van der Waals surface area contributed by atoms with Crippen molar-refractivity contribution in [2.45, 2.75) is 77.7 Å². The first kappa shape index (κ1) is 53.0. The monoisotopic (exact) mass is 1010 g/mol. The molecule has 23 heteroatoms. The molecule has 0 aliphatic carbocycles. The van der Waals surface area contributed by atoms with Crippen LogP contribution in [0.1, 0.15) is 93.7 Å². The summed E-state index contributed by atoms with van der Waals surface area (Å²) >= 11 is 0. The van der Waals surface area contributed by atoms with E-state index in [1.54, 1.807) is 49.1 Å². The summed E-state index contributed by atoms with van der Waals surface area (Å²) in [5.74, 6) is -0.809. The molecular formula is C47H57ClF2N10O9S. The lowest BCUT2D eigenvalue weighted by Gasteiger charge is -2.33. The number of carbonyl (C=O) groups excluding carboxylic acids is 3. The third kappa shape index (κ3) is 14.1. The van der Waals surface area contributed by atoms with Crippen molar-refractivity contribution in [2.24, 2.45) is 22.1 Å². The summed E-state index contributed by atoms with van der Waals surface area (Å²) < 4.78 is 60.0. The molecule has 3 amide bonds. The van der Waals surface area contributed by atoms with Gasteiger partial charge in [0, 0.05) is 57.1 Å². The van der Waals surface area contributed by atoms with Crippen LogP contribution in [0, 0.1) is 37.3 Å². The van der Waals surface area contributed by atoms with Gasteiger partial charge in [0.2, 0.25) is 5.91 Å². The van der Waals surface area contributed by atoms with Crippen molar-refractivity contribution in [3.63, 3.8) is 0 Å². The lowest BCUT2D eigenvalue weighted by Crippen LogP contribution is -2.43. The Morgan fingerprint density at radius 2 is 1.16 bits per heavy atom. The number of sulfone groups is 1. The SMILES string of the molecule is COc1cc(CNC(=O)c2cc(C3=NOC(C4CCN(C(=O)CS(C)(=O)=O)CC4)C3)nc(C)n2)ccc1F.COc1cc(CNC(=O)c2cc(C3=NOC(C4CCNCC4)C3)nc(C)n2)ccc1F.Cl. The summed E-state index contributed by atoms with van der Waals surface area (Å²) in [5, 5.41) is 17.4. The summed E-state index contributed by atoms with van der Waals surface area (Å²) in [7, 11) is -0.596. The van der Waals surface area contributed by atoms with E-state index in [0.29, 0.717) is 79.0 Å². The molecule has 8 rings (SSSR count). The fourth-order valence-corrected chi connectivity index (χ4v) is 9.12. The molecule has 4 aliphatic rings. The molecule has 6 heterocycles. The van der Waals surface area contributed by atoms with Crippen molar-refractivity contribution < 1.29 is 50.7 Å². The number of amides is 3. The van der Waals surface area contributed by atoms with E-state index in [-0.39, 0.29) is 78.3 Å². The van der Waals surface area contributed by atoms with Crippen molar-refractivity contribution in [3.8, 4) is 11.5 Å². The van der Waals surface area contributed by atoms with Crippen LogP contribution < -0.4 is 25.4 Å². The second kappa shape index (κ2) is 24.0. The van der Waals surface area contributed by atoms with E-state index >= 15 is 0 Å². The zero-order valence-electron chi connectivity index (χ0n) is 39.5. The maximum atomic E-state index is 13.6. The number of methoxy groups -OCH3 is 2. The summed E-state index contributed by atoms with van der Waals surface area (Å²) in [4.78, 5) is 68.0. The lowest BCUT2D eigenvalue weighted by atomic mass is 9.88. The first-order valence-corrected chi connectivity index (χ1v) is 24.7.